The predicted molar refractivity (Wildman–Crippen MR) is 141 cm³/mol. The van der Waals surface area contributed by atoms with Crippen LogP contribution < -0.4 is 25.0 Å². The zero-order chi connectivity index (χ0) is 24.0. The van der Waals surface area contributed by atoms with Gasteiger partial charge in [-0.05, 0) is 79.8 Å². The number of benzene rings is 3. The first-order chi connectivity index (χ1) is 16.3. The summed E-state index contributed by atoms with van der Waals surface area (Å²) in [5.74, 6) is 0.468. The summed E-state index contributed by atoms with van der Waals surface area (Å²) in [6, 6.07) is 19.9. The van der Waals surface area contributed by atoms with Crippen LogP contribution in [0.3, 0.4) is 0 Å². The maximum atomic E-state index is 13.8. The van der Waals surface area contributed by atoms with E-state index in [2.05, 4.69) is 26.6 Å². The minimum Gasteiger partial charge on any atom is -0.497 e. The molecule has 0 aliphatic carbocycles. The van der Waals surface area contributed by atoms with Crippen molar-refractivity contribution in [3.8, 4) is 11.5 Å². The average Bonchev–Trinajstić information content (AvgIpc) is 2.80. The van der Waals surface area contributed by atoms with Gasteiger partial charge in [0.25, 0.3) is 0 Å². The van der Waals surface area contributed by atoms with E-state index in [1.807, 2.05) is 54.3 Å². The molecule has 2 aliphatic rings. The van der Waals surface area contributed by atoms with Gasteiger partial charge in [0.2, 0.25) is 5.91 Å². The van der Waals surface area contributed by atoms with Crippen LogP contribution in [0.2, 0.25) is 5.02 Å². The number of carbonyl (C=O) groups is 1. The second-order valence-corrected chi connectivity index (χ2v) is 10.0. The van der Waals surface area contributed by atoms with E-state index in [-0.39, 0.29) is 5.91 Å². The van der Waals surface area contributed by atoms with Gasteiger partial charge in [-0.25, -0.2) is 0 Å². The van der Waals surface area contributed by atoms with Crippen LogP contribution in [0.1, 0.15) is 18.5 Å². The van der Waals surface area contributed by atoms with Gasteiger partial charge in [0, 0.05) is 26.4 Å². The minimum atomic E-state index is -1.11. The number of ether oxygens (including phenoxy) is 2. The summed E-state index contributed by atoms with van der Waals surface area (Å²) in [4.78, 5) is 15.7. The number of amides is 1. The third kappa shape index (κ3) is 3.89. The Morgan fingerprint density at radius 1 is 1.21 bits per heavy atom. The van der Waals surface area contributed by atoms with E-state index in [1.165, 1.54) is 0 Å². The van der Waals surface area contributed by atoms with Crippen molar-refractivity contribution < 1.29 is 14.3 Å². The number of carbonyl (C=O) groups excluding carboxylic acids is 1. The van der Waals surface area contributed by atoms with Crippen molar-refractivity contribution in [3.63, 3.8) is 0 Å². The molecule has 6 nitrogen and oxygen atoms in total. The zero-order valence-electron chi connectivity index (χ0n) is 18.3. The Balaban J connectivity index is 1.63. The largest absolute Gasteiger partial charge is 0.497 e. The number of hydrogen-bond acceptors (Lipinski definition) is 4. The molecule has 0 aromatic heterocycles. The van der Waals surface area contributed by atoms with Gasteiger partial charge in [-0.2, -0.15) is 0 Å². The fraction of sp³-hybridized carbons (Fsp3) is 0.200. The van der Waals surface area contributed by atoms with Crippen molar-refractivity contribution in [2.45, 2.75) is 18.7 Å². The number of nitrogens with zero attached hydrogens (tertiary/aromatic N) is 1. The molecule has 3 atom stereocenters. The maximum Gasteiger partial charge on any atom is 0.236 e. The van der Waals surface area contributed by atoms with Crippen molar-refractivity contribution in [2.75, 3.05) is 17.3 Å². The van der Waals surface area contributed by atoms with Crippen molar-refractivity contribution >= 4 is 62.1 Å². The molecule has 3 aromatic rings. The number of halogens is 2. The van der Waals surface area contributed by atoms with Crippen LogP contribution in [0.4, 0.5) is 11.4 Å². The number of methoxy groups -OCH3 is 1. The highest BCUT2D eigenvalue weighted by atomic mass is 79.9. The smallest absolute Gasteiger partial charge is 0.236 e. The molecule has 2 aliphatic heterocycles. The number of fused-ring (bicyclic) bond motifs is 4. The molecule has 34 heavy (non-hydrogen) atoms. The van der Waals surface area contributed by atoms with Crippen molar-refractivity contribution in [3.05, 3.63) is 81.8 Å². The third-order valence-electron chi connectivity index (χ3n) is 6.17. The number of hydrogen-bond donors (Lipinski definition) is 2. The lowest BCUT2D eigenvalue weighted by Crippen LogP contribution is -2.72. The Labute approximate surface area is 216 Å². The molecule has 0 saturated carbocycles. The summed E-state index contributed by atoms with van der Waals surface area (Å²) < 4.78 is 12.9. The molecule has 2 heterocycles. The molecule has 2 N–H and O–H groups in total. The molecule has 0 unspecified atom stereocenters. The standard InChI is InChI=1S/C25H21BrClN3O3S/c1-25-21(23(31)28-16-8-6-15(27)7-9-16)22(19-13-18(32-2)10-11-20(19)33-25)29-24(34)30(25)17-5-3-4-14(26)12-17/h3-13,21-22H,1-2H3,(H,28,31)(H,29,34)/t21-,22-,25+/m0/s1. The summed E-state index contributed by atoms with van der Waals surface area (Å²) in [6.07, 6.45) is 0. The molecule has 1 saturated heterocycles. The fourth-order valence-corrected chi connectivity index (χ4v) is 5.57. The maximum absolute atomic E-state index is 13.8. The highest BCUT2D eigenvalue weighted by Gasteiger charge is 2.59. The number of thiocarbonyl (C=S) groups is 1. The van der Waals surface area contributed by atoms with Crippen LogP contribution >= 0.6 is 39.7 Å². The van der Waals surface area contributed by atoms with E-state index in [9.17, 15) is 4.79 Å². The van der Waals surface area contributed by atoms with Gasteiger partial charge in [0.15, 0.2) is 10.8 Å². The summed E-state index contributed by atoms with van der Waals surface area (Å²) in [5.41, 5.74) is 1.15. The topological polar surface area (TPSA) is 62.8 Å². The predicted octanol–water partition coefficient (Wildman–Crippen LogP) is 5.91. The monoisotopic (exact) mass is 557 g/mol. The van der Waals surface area contributed by atoms with Gasteiger partial charge in [-0.1, -0.05) is 33.6 Å². The fourth-order valence-electron chi connectivity index (χ4n) is 4.65. The SMILES string of the molecule is COc1ccc2c(c1)[C@@H]1NC(=S)N(c3cccc(Br)c3)[C@](C)(O2)[C@@H]1C(=O)Nc1ccc(Cl)cc1. The van der Waals surface area contributed by atoms with Crippen LogP contribution in [0.15, 0.2) is 71.2 Å². The molecule has 0 radical (unpaired) electrons. The van der Waals surface area contributed by atoms with Crippen molar-refractivity contribution in [1.82, 2.24) is 5.32 Å². The van der Waals surface area contributed by atoms with Crippen molar-refractivity contribution in [1.29, 1.82) is 0 Å². The Morgan fingerprint density at radius 3 is 2.68 bits per heavy atom. The van der Waals surface area contributed by atoms with Gasteiger partial charge in [-0.3, -0.25) is 9.69 Å². The average molecular weight is 559 g/mol. The molecule has 174 valence electrons. The Bertz CT molecular complexity index is 1290. The molecule has 2 bridgehead atoms. The lowest BCUT2D eigenvalue weighted by atomic mass is 9.78. The van der Waals surface area contributed by atoms with E-state index in [0.29, 0.717) is 27.3 Å². The van der Waals surface area contributed by atoms with E-state index in [1.54, 1.807) is 31.4 Å². The second kappa shape index (κ2) is 8.76. The second-order valence-electron chi connectivity index (χ2n) is 8.28. The quantitative estimate of drug-likeness (QED) is 0.388. The van der Waals surface area contributed by atoms with E-state index in [4.69, 9.17) is 33.3 Å². The van der Waals surface area contributed by atoms with Gasteiger partial charge >= 0.3 is 0 Å². The van der Waals surface area contributed by atoms with Crippen LogP contribution in [-0.2, 0) is 4.79 Å². The normalized spacial score (nSPS) is 22.8. The number of anilines is 2. The molecule has 1 amide bonds. The van der Waals surface area contributed by atoms with Crippen molar-refractivity contribution in [2.24, 2.45) is 5.92 Å². The minimum absolute atomic E-state index is 0.210. The summed E-state index contributed by atoms with van der Waals surface area (Å²) in [6.45, 7) is 1.90. The lowest BCUT2D eigenvalue weighted by Gasteiger charge is -2.56. The van der Waals surface area contributed by atoms with Crippen LogP contribution in [0.5, 0.6) is 11.5 Å². The Morgan fingerprint density at radius 2 is 1.97 bits per heavy atom. The van der Waals surface area contributed by atoms with Crippen LogP contribution in [-0.4, -0.2) is 23.9 Å². The molecule has 9 heteroatoms. The summed E-state index contributed by atoms with van der Waals surface area (Å²) in [7, 11) is 1.61. The lowest BCUT2D eigenvalue weighted by molar-refractivity contribution is -0.130. The molecule has 1 fully saturated rings. The van der Waals surface area contributed by atoms with Crippen LogP contribution in [0.25, 0.3) is 0 Å². The number of nitrogens with one attached hydrogen (secondary N) is 2. The molecular formula is C25H21BrClN3O3S. The van der Waals surface area contributed by atoms with E-state index >= 15 is 0 Å². The molecule has 5 rings (SSSR count). The molecule has 0 spiro atoms. The van der Waals surface area contributed by atoms with E-state index in [0.717, 1.165) is 15.7 Å². The Kier molecular flexibility index (Phi) is 5.91. The molecular weight excluding hydrogens is 538 g/mol. The molecule has 3 aromatic carbocycles. The Hall–Kier alpha value is -2.81. The highest BCUT2D eigenvalue weighted by molar-refractivity contribution is 9.10. The zero-order valence-corrected chi connectivity index (χ0v) is 21.5. The van der Waals surface area contributed by atoms with Gasteiger partial charge < -0.3 is 20.1 Å². The van der Waals surface area contributed by atoms with Crippen LogP contribution in [0, 0.1) is 5.92 Å². The van der Waals surface area contributed by atoms with Gasteiger partial charge in [0.1, 0.15) is 17.4 Å². The van der Waals surface area contributed by atoms with Gasteiger partial charge in [0.05, 0.1) is 13.2 Å². The third-order valence-corrected chi connectivity index (χ3v) is 7.21. The van der Waals surface area contributed by atoms with Gasteiger partial charge in [-0.15, -0.1) is 0 Å². The first-order valence-corrected chi connectivity index (χ1v) is 12.2. The summed E-state index contributed by atoms with van der Waals surface area (Å²) in [5, 5.41) is 7.48. The number of rotatable bonds is 4. The summed E-state index contributed by atoms with van der Waals surface area (Å²) >= 11 is 15.3. The highest BCUT2D eigenvalue weighted by Crippen LogP contribution is 2.50. The van der Waals surface area contributed by atoms with E-state index < -0.39 is 17.7 Å². The first-order valence-electron chi connectivity index (χ1n) is 10.6. The first kappa shape index (κ1) is 23.0.